The molecule has 24 heavy (non-hydrogen) atoms. The van der Waals surface area contributed by atoms with Crippen LogP contribution < -0.4 is 16.2 Å². The van der Waals surface area contributed by atoms with Gasteiger partial charge < -0.3 is 5.32 Å². The molecule has 1 heterocycles. The summed E-state index contributed by atoms with van der Waals surface area (Å²) in [6.45, 7) is 0. The monoisotopic (exact) mass is 363 g/mol. The number of carbonyl (C=O) groups is 2. The van der Waals surface area contributed by atoms with Crippen molar-refractivity contribution in [3.05, 3.63) is 64.2 Å². The van der Waals surface area contributed by atoms with Gasteiger partial charge in [-0.05, 0) is 30.3 Å². The number of rotatable bonds is 2. The van der Waals surface area contributed by atoms with Crippen LogP contribution in [0.5, 0.6) is 0 Å². The Labute approximate surface area is 145 Å². The number of hydrazine groups is 1. The van der Waals surface area contributed by atoms with E-state index in [1.807, 2.05) is 6.07 Å². The molecule has 2 aromatic carbocycles. The summed E-state index contributed by atoms with van der Waals surface area (Å²) in [5.41, 5.74) is 5.09. The fourth-order valence-electron chi connectivity index (χ4n) is 2.04. The molecule has 0 saturated heterocycles. The lowest BCUT2D eigenvalue weighted by Gasteiger charge is -2.08. The van der Waals surface area contributed by atoms with E-state index in [4.69, 9.17) is 11.6 Å². The van der Waals surface area contributed by atoms with Crippen LogP contribution in [0.15, 0.2) is 48.5 Å². The van der Waals surface area contributed by atoms with Gasteiger partial charge in [0.05, 0.1) is 5.02 Å². The topological polar surface area (TPSA) is 70.2 Å². The van der Waals surface area contributed by atoms with E-state index in [0.29, 0.717) is 15.8 Å². The molecule has 3 amide bonds. The van der Waals surface area contributed by atoms with Gasteiger partial charge in [0, 0.05) is 15.8 Å². The average molecular weight is 364 g/mol. The zero-order valence-electron chi connectivity index (χ0n) is 12.1. The molecule has 3 N–H and O–H groups in total. The third kappa shape index (κ3) is 3.47. The number of thiophene rings is 1. The Hall–Kier alpha value is -2.64. The molecular formula is C16H11ClFN3O2S. The number of fused-ring (bicyclic) bond motifs is 1. The first kappa shape index (κ1) is 16.2. The number of anilines is 1. The normalized spacial score (nSPS) is 10.4. The number of benzene rings is 2. The number of para-hydroxylation sites is 1. The van der Waals surface area contributed by atoms with Crippen molar-refractivity contribution < 1.29 is 14.0 Å². The number of halogens is 2. The van der Waals surface area contributed by atoms with Crippen molar-refractivity contribution in [3.63, 3.8) is 0 Å². The van der Waals surface area contributed by atoms with Gasteiger partial charge in [0.25, 0.3) is 5.91 Å². The van der Waals surface area contributed by atoms with Crippen LogP contribution in [0.4, 0.5) is 14.9 Å². The summed E-state index contributed by atoms with van der Waals surface area (Å²) in [5.74, 6) is -0.988. The minimum absolute atomic E-state index is 0.192. The molecule has 3 aromatic rings. The van der Waals surface area contributed by atoms with Crippen LogP contribution in [0.3, 0.4) is 0 Å². The summed E-state index contributed by atoms with van der Waals surface area (Å²) in [4.78, 5) is 24.1. The number of nitrogens with one attached hydrogen (secondary N) is 3. The number of hydrogen-bond donors (Lipinski definition) is 3. The van der Waals surface area contributed by atoms with Gasteiger partial charge in [-0.15, -0.1) is 11.3 Å². The molecule has 0 radical (unpaired) electrons. The first-order valence-corrected chi connectivity index (χ1v) is 8.04. The van der Waals surface area contributed by atoms with E-state index in [0.717, 1.165) is 11.3 Å². The molecule has 0 aliphatic rings. The SMILES string of the molecule is O=C(NNC(=O)c1sc2cc(F)ccc2c1Cl)Nc1ccccc1. The Morgan fingerprint density at radius 3 is 2.54 bits per heavy atom. The van der Waals surface area contributed by atoms with Gasteiger partial charge in [0.2, 0.25) is 0 Å². The average Bonchev–Trinajstić information content (AvgIpc) is 2.90. The molecule has 0 fully saturated rings. The maximum Gasteiger partial charge on any atom is 0.337 e. The molecule has 0 spiro atoms. The smallest absolute Gasteiger partial charge is 0.307 e. The van der Waals surface area contributed by atoms with Crippen molar-refractivity contribution in [1.29, 1.82) is 0 Å². The second-order valence-electron chi connectivity index (χ2n) is 4.78. The number of hydrogen-bond acceptors (Lipinski definition) is 3. The Bertz CT molecular complexity index is 914. The summed E-state index contributed by atoms with van der Waals surface area (Å²) >= 11 is 7.19. The second-order valence-corrected chi connectivity index (χ2v) is 6.22. The summed E-state index contributed by atoms with van der Waals surface area (Å²) in [5, 5.41) is 3.36. The van der Waals surface area contributed by atoms with E-state index in [1.54, 1.807) is 24.3 Å². The molecule has 0 unspecified atom stereocenters. The Balaban J connectivity index is 1.67. The highest BCUT2D eigenvalue weighted by Crippen LogP contribution is 2.35. The zero-order chi connectivity index (χ0) is 17.1. The maximum atomic E-state index is 13.2. The van der Waals surface area contributed by atoms with Gasteiger partial charge in [-0.2, -0.15) is 0 Å². The lowest BCUT2D eigenvalue weighted by atomic mass is 10.2. The molecule has 1 aromatic heterocycles. The number of urea groups is 1. The first-order chi connectivity index (χ1) is 11.5. The molecule has 0 saturated carbocycles. The van der Waals surface area contributed by atoms with Gasteiger partial charge in [0.15, 0.2) is 0 Å². The zero-order valence-corrected chi connectivity index (χ0v) is 13.7. The first-order valence-electron chi connectivity index (χ1n) is 6.84. The molecule has 3 rings (SSSR count). The van der Waals surface area contributed by atoms with Gasteiger partial charge in [-0.25, -0.2) is 14.6 Å². The fraction of sp³-hybridized carbons (Fsp3) is 0. The minimum Gasteiger partial charge on any atom is -0.307 e. The summed E-state index contributed by atoms with van der Waals surface area (Å²) in [7, 11) is 0. The molecule has 5 nitrogen and oxygen atoms in total. The molecular weight excluding hydrogens is 353 g/mol. The van der Waals surface area contributed by atoms with Gasteiger partial charge in [-0.1, -0.05) is 29.8 Å². The van der Waals surface area contributed by atoms with Crippen molar-refractivity contribution in [3.8, 4) is 0 Å². The third-order valence-corrected chi connectivity index (χ3v) is 4.77. The van der Waals surface area contributed by atoms with E-state index >= 15 is 0 Å². The van der Waals surface area contributed by atoms with E-state index in [-0.39, 0.29) is 9.90 Å². The predicted molar refractivity (Wildman–Crippen MR) is 92.9 cm³/mol. The summed E-state index contributed by atoms with van der Waals surface area (Å²) in [6.07, 6.45) is 0. The van der Waals surface area contributed by atoms with Crippen LogP contribution in [0.25, 0.3) is 10.1 Å². The van der Waals surface area contributed by atoms with Crippen molar-refractivity contribution in [2.24, 2.45) is 0 Å². The largest absolute Gasteiger partial charge is 0.337 e. The van der Waals surface area contributed by atoms with Crippen LogP contribution >= 0.6 is 22.9 Å². The molecule has 0 atom stereocenters. The highest BCUT2D eigenvalue weighted by molar-refractivity contribution is 7.21. The lowest BCUT2D eigenvalue weighted by molar-refractivity contribution is 0.0942. The molecule has 122 valence electrons. The second kappa shape index (κ2) is 6.86. The van der Waals surface area contributed by atoms with Crippen molar-refractivity contribution in [2.45, 2.75) is 0 Å². The van der Waals surface area contributed by atoms with E-state index in [1.165, 1.54) is 18.2 Å². The van der Waals surface area contributed by atoms with Crippen molar-refractivity contribution >= 4 is 50.6 Å². The van der Waals surface area contributed by atoms with Crippen LogP contribution in [0.2, 0.25) is 5.02 Å². The van der Waals surface area contributed by atoms with Gasteiger partial charge in [0.1, 0.15) is 10.7 Å². The van der Waals surface area contributed by atoms with Crippen molar-refractivity contribution in [1.82, 2.24) is 10.9 Å². The van der Waals surface area contributed by atoms with Crippen LogP contribution in [0.1, 0.15) is 9.67 Å². The quantitative estimate of drug-likeness (QED) is 0.598. The molecule has 8 heteroatoms. The number of carbonyl (C=O) groups excluding carboxylic acids is 2. The molecule has 0 aliphatic carbocycles. The van der Waals surface area contributed by atoms with E-state index < -0.39 is 17.8 Å². The standard InChI is InChI=1S/C16H11ClFN3O2S/c17-13-11-7-6-9(18)8-12(11)24-14(13)15(22)20-21-16(23)19-10-4-2-1-3-5-10/h1-8H,(H,20,22)(H2,19,21,23). The van der Waals surface area contributed by atoms with Crippen LogP contribution in [-0.2, 0) is 0 Å². The highest BCUT2D eigenvalue weighted by atomic mass is 35.5. The minimum atomic E-state index is -0.599. The fourth-order valence-corrected chi connectivity index (χ4v) is 3.48. The van der Waals surface area contributed by atoms with Crippen LogP contribution in [0, 0.1) is 5.82 Å². The highest BCUT2D eigenvalue weighted by Gasteiger charge is 2.18. The Morgan fingerprint density at radius 2 is 1.79 bits per heavy atom. The number of amides is 3. The maximum absolute atomic E-state index is 13.2. The Kier molecular flexibility index (Phi) is 4.64. The molecule has 0 bridgehead atoms. The summed E-state index contributed by atoms with van der Waals surface area (Å²) in [6, 6.07) is 12.3. The molecule has 0 aliphatic heterocycles. The summed E-state index contributed by atoms with van der Waals surface area (Å²) < 4.78 is 13.8. The van der Waals surface area contributed by atoms with E-state index in [9.17, 15) is 14.0 Å². The lowest BCUT2D eigenvalue weighted by Crippen LogP contribution is -2.43. The van der Waals surface area contributed by atoms with Crippen molar-refractivity contribution in [2.75, 3.05) is 5.32 Å². The Morgan fingerprint density at radius 1 is 1.04 bits per heavy atom. The predicted octanol–water partition coefficient (Wildman–Crippen LogP) is 4.16. The van der Waals surface area contributed by atoms with E-state index in [2.05, 4.69) is 16.2 Å². The third-order valence-electron chi connectivity index (χ3n) is 3.12. The van der Waals surface area contributed by atoms with Gasteiger partial charge >= 0.3 is 6.03 Å². The van der Waals surface area contributed by atoms with Crippen LogP contribution in [-0.4, -0.2) is 11.9 Å². The van der Waals surface area contributed by atoms with Gasteiger partial charge in [-0.3, -0.25) is 10.2 Å².